The molecule has 0 saturated carbocycles. The van der Waals surface area contributed by atoms with Crippen LogP contribution in [0.4, 0.5) is 0 Å². The topological polar surface area (TPSA) is 38.7 Å². The lowest BCUT2D eigenvalue weighted by Gasteiger charge is -2.45. The summed E-state index contributed by atoms with van der Waals surface area (Å²) in [6.45, 7) is 22.6. The van der Waals surface area contributed by atoms with Crippen LogP contribution in [0.2, 0.25) is 18.1 Å². The summed E-state index contributed by atoms with van der Waals surface area (Å²) in [6, 6.07) is 6.07. The molecule has 3 atom stereocenters. The molecule has 31 heavy (non-hydrogen) atoms. The van der Waals surface area contributed by atoms with Gasteiger partial charge in [0.2, 0.25) is 0 Å². The average molecular weight is 445 g/mol. The van der Waals surface area contributed by atoms with E-state index in [1.807, 2.05) is 18.2 Å². The van der Waals surface area contributed by atoms with Gasteiger partial charge < -0.3 is 14.3 Å². The zero-order chi connectivity index (χ0) is 23.4. The van der Waals surface area contributed by atoms with E-state index in [9.17, 15) is 5.11 Å². The van der Waals surface area contributed by atoms with Crippen molar-refractivity contribution in [2.24, 2.45) is 11.8 Å². The molecule has 1 aromatic rings. The Balaban J connectivity index is 2.21. The van der Waals surface area contributed by atoms with Gasteiger partial charge in [-0.1, -0.05) is 45.1 Å². The number of rotatable bonds is 10. The van der Waals surface area contributed by atoms with Crippen LogP contribution in [0, 0.1) is 11.8 Å². The monoisotopic (exact) mass is 444 g/mol. The molecule has 0 heterocycles. The number of fused-ring (bicyclic) bond motifs is 1. The van der Waals surface area contributed by atoms with Gasteiger partial charge in [0.05, 0.1) is 12.7 Å². The molecule has 0 saturated heterocycles. The molecule has 3 nitrogen and oxygen atoms in total. The van der Waals surface area contributed by atoms with Crippen LogP contribution in [0.15, 0.2) is 43.0 Å². The molecule has 174 valence electrons. The molecule has 1 N–H and O–H groups in total. The van der Waals surface area contributed by atoms with Crippen molar-refractivity contribution in [2.75, 3.05) is 13.7 Å². The number of aryl methyl sites for hydroxylation is 1. The first-order valence-electron chi connectivity index (χ1n) is 11.7. The SMILES string of the molecule is C=CCC1(O)c2ccc(OC)cc2CC[C@@H]1[C@@H](CCCO[Si](C)(C)C(C)(C)C)C(=C)C. The van der Waals surface area contributed by atoms with Crippen molar-refractivity contribution >= 4 is 8.32 Å². The lowest BCUT2D eigenvalue weighted by Crippen LogP contribution is -2.43. The quantitative estimate of drug-likeness (QED) is 0.239. The summed E-state index contributed by atoms with van der Waals surface area (Å²) in [5.41, 5.74) is 2.43. The zero-order valence-electron chi connectivity index (χ0n) is 20.9. The van der Waals surface area contributed by atoms with E-state index in [1.54, 1.807) is 7.11 Å². The number of hydrogen-bond acceptors (Lipinski definition) is 3. The van der Waals surface area contributed by atoms with Crippen molar-refractivity contribution < 1.29 is 14.3 Å². The highest BCUT2D eigenvalue weighted by molar-refractivity contribution is 6.74. The van der Waals surface area contributed by atoms with Crippen LogP contribution in [0.25, 0.3) is 0 Å². The molecule has 0 amide bonds. The molecule has 0 bridgehead atoms. The van der Waals surface area contributed by atoms with Gasteiger partial charge in [-0.15, -0.1) is 6.58 Å². The summed E-state index contributed by atoms with van der Waals surface area (Å²) in [5.74, 6) is 1.22. The van der Waals surface area contributed by atoms with E-state index in [-0.39, 0.29) is 16.9 Å². The Morgan fingerprint density at radius 2 is 2.03 bits per heavy atom. The fourth-order valence-corrected chi connectivity index (χ4v) is 5.82. The number of ether oxygens (including phenoxy) is 1. The normalized spacial score (nSPS) is 22.5. The summed E-state index contributed by atoms with van der Waals surface area (Å²) in [4.78, 5) is 0. The molecule has 0 fully saturated rings. The molecule has 2 rings (SSSR count). The minimum absolute atomic E-state index is 0.122. The van der Waals surface area contributed by atoms with Gasteiger partial charge in [-0.3, -0.25) is 0 Å². The fraction of sp³-hybridized carbons (Fsp3) is 0.630. The van der Waals surface area contributed by atoms with E-state index in [0.29, 0.717) is 6.42 Å². The molecule has 0 aromatic heterocycles. The Hall–Kier alpha value is -1.36. The standard InChI is InChI=1S/C27H44O3Si/c1-10-17-27(28)24-16-14-22(29-7)19-21(24)13-15-25(27)23(20(2)3)12-11-18-30-31(8,9)26(4,5)6/h10,14,16,19,23,25,28H,1-2,11-13,15,17-18H2,3-9H3/t23-,25+,27?/m0/s1. The number of benzene rings is 1. The number of hydrogen-bond donors (Lipinski definition) is 1. The number of allylic oxidation sites excluding steroid dienone is 1. The summed E-state index contributed by atoms with van der Waals surface area (Å²) in [6.07, 6.45) is 6.25. The van der Waals surface area contributed by atoms with Crippen LogP contribution in [-0.4, -0.2) is 27.1 Å². The predicted octanol–water partition coefficient (Wildman–Crippen LogP) is 7.02. The van der Waals surface area contributed by atoms with Crippen molar-refractivity contribution in [1.29, 1.82) is 0 Å². The average Bonchev–Trinajstić information content (AvgIpc) is 2.67. The van der Waals surface area contributed by atoms with Crippen molar-refractivity contribution in [1.82, 2.24) is 0 Å². The van der Waals surface area contributed by atoms with Gasteiger partial charge in [-0.25, -0.2) is 0 Å². The highest BCUT2D eigenvalue weighted by Crippen LogP contribution is 2.49. The molecule has 1 unspecified atom stereocenters. The first-order valence-corrected chi connectivity index (χ1v) is 14.6. The smallest absolute Gasteiger partial charge is 0.191 e. The van der Waals surface area contributed by atoms with Crippen LogP contribution in [0.3, 0.4) is 0 Å². The van der Waals surface area contributed by atoms with Gasteiger partial charge in [0.25, 0.3) is 0 Å². The van der Waals surface area contributed by atoms with E-state index >= 15 is 0 Å². The van der Waals surface area contributed by atoms with Gasteiger partial charge in [-0.2, -0.15) is 0 Å². The van der Waals surface area contributed by atoms with Crippen LogP contribution >= 0.6 is 0 Å². The minimum Gasteiger partial charge on any atom is -0.497 e. The molecular weight excluding hydrogens is 400 g/mol. The second-order valence-corrected chi connectivity index (χ2v) is 15.6. The third-order valence-electron chi connectivity index (χ3n) is 7.62. The Bertz CT molecular complexity index is 777. The summed E-state index contributed by atoms with van der Waals surface area (Å²) in [7, 11) is -0.0513. The predicted molar refractivity (Wildman–Crippen MR) is 134 cm³/mol. The molecule has 0 radical (unpaired) electrons. The van der Waals surface area contributed by atoms with Gasteiger partial charge in [0.15, 0.2) is 8.32 Å². The summed E-state index contributed by atoms with van der Waals surface area (Å²) in [5, 5.41) is 12.2. The molecule has 4 heteroatoms. The summed E-state index contributed by atoms with van der Waals surface area (Å²) >= 11 is 0. The summed E-state index contributed by atoms with van der Waals surface area (Å²) < 4.78 is 11.8. The van der Waals surface area contributed by atoms with E-state index in [0.717, 1.165) is 49.2 Å². The van der Waals surface area contributed by atoms with Crippen molar-refractivity contribution in [2.45, 2.75) is 83.5 Å². The molecule has 0 spiro atoms. The largest absolute Gasteiger partial charge is 0.497 e. The van der Waals surface area contributed by atoms with Crippen LogP contribution < -0.4 is 4.74 Å². The first kappa shape index (κ1) is 25.9. The highest BCUT2D eigenvalue weighted by Gasteiger charge is 2.45. The first-order chi connectivity index (χ1) is 14.4. The Morgan fingerprint density at radius 1 is 1.35 bits per heavy atom. The third kappa shape index (κ3) is 5.71. The highest BCUT2D eigenvalue weighted by atomic mass is 28.4. The van der Waals surface area contributed by atoms with Crippen LogP contribution in [0.1, 0.15) is 64.5 Å². The number of aliphatic hydroxyl groups is 1. The van der Waals surface area contributed by atoms with Gasteiger partial charge >= 0.3 is 0 Å². The molecule has 0 aliphatic heterocycles. The maximum atomic E-state index is 12.0. The van der Waals surface area contributed by atoms with E-state index in [2.05, 4.69) is 60.0 Å². The van der Waals surface area contributed by atoms with E-state index in [4.69, 9.17) is 9.16 Å². The van der Waals surface area contributed by atoms with Crippen LogP contribution in [-0.2, 0) is 16.4 Å². The van der Waals surface area contributed by atoms with Gasteiger partial charge in [0, 0.05) is 6.61 Å². The van der Waals surface area contributed by atoms with E-state index < -0.39 is 13.9 Å². The molecule has 1 aliphatic rings. The molecular formula is C27H44O3Si. The Morgan fingerprint density at radius 3 is 2.58 bits per heavy atom. The van der Waals surface area contributed by atoms with Crippen LogP contribution in [0.5, 0.6) is 5.75 Å². The van der Waals surface area contributed by atoms with Gasteiger partial charge in [-0.05, 0) is 92.3 Å². The zero-order valence-corrected chi connectivity index (χ0v) is 21.9. The second-order valence-electron chi connectivity index (χ2n) is 10.8. The maximum Gasteiger partial charge on any atom is 0.191 e. The minimum atomic E-state index is -1.74. The van der Waals surface area contributed by atoms with Gasteiger partial charge in [0.1, 0.15) is 5.75 Å². The van der Waals surface area contributed by atoms with Crippen molar-refractivity contribution in [3.63, 3.8) is 0 Å². The fourth-order valence-electron chi connectivity index (χ4n) is 4.73. The number of methoxy groups -OCH3 is 1. The molecule has 1 aliphatic carbocycles. The Labute approximate surface area is 191 Å². The lowest BCUT2D eigenvalue weighted by molar-refractivity contribution is -0.0533. The maximum absolute atomic E-state index is 12.0. The second kappa shape index (κ2) is 10.1. The lowest BCUT2D eigenvalue weighted by atomic mass is 9.63. The van der Waals surface area contributed by atoms with E-state index in [1.165, 1.54) is 5.56 Å². The van der Waals surface area contributed by atoms with Crippen molar-refractivity contribution in [3.8, 4) is 5.75 Å². The third-order valence-corrected chi connectivity index (χ3v) is 12.2. The Kier molecular flexibility index (Phi) is 8.40. The molecule has 1 aromatic carbocycles. The van der Waals surface area contributed by atoms with Crippen molar-refractivity contribution in [3.05, 3.63) is 54.1 Å².